The average Bonchev–Trinajstić information content (AvgIpc) is 3.32. The monoisotopic (exact) mass is 406 g/mol. The number of nitrogens with one attached hydrogen (secondary N) is 2. The molecule has 1 amide bonds. The van der Waals surface area contributed by atoms with Gasteiger partial charge in [0.25, 0.3) is 0 Å². The van der Waals surface area contributed by atoms with Gasteiger partial charge >= 0.3 is 0 Å². The molecule has 1 aliphatic rings. The van der Waals surface area contributed by atoms with Crippen molar-refractivity contribution in [2.75, 3.05) is 23.3 Å². The van der Waals surface area contributed by atoms with E-state index in [-0.39, 0.29) is 11.8 Å². The van der Waals surface area contributed by atoms with E-state index >= 15 is 0 Å². The Hall–Kier alpha value is -3.00. The summed E-state index contributed by atoms with van der Waals surface area (Å²) in [4.78, 5) is 26.4. The number of aromatic amines is 1. The van der Waals surface area contributed by atoms with Gasteiger partial charge in [-0.1, -0.05) is 0 Å². The lowest BCUT2D eigenvalue weighted by Crippen LogP contribution is -2.38. The van der Waals surface area contributed by atoms with Crippen LogP contribution in [-0.4, -0.2) is 39.2 Å². The number of fused-ring (bicyclic) bond motifs is 2. The number of aromatic nitrogens is 4. The van der Waals surface area contributed by atoms with Crippen LogP contribution in [0.5, 0.6) is 0 Å². The second-order valence-corrected chi connectivity index (χ2v) is 8.79. The number of hydrogen-bond acceptors (Lipinski definition) is 6. The number of aryl methyl sites for hydroxylation is 2. The van der Waals surface area contributed by atoms with Gasteiger partial charge in [0.2, 0.25) is 5.91 Å². The quantitative estimate of drug-likeness (QED) is 0.536. The maximum absolute atomic E-state index is 12.8. The van der Waals surface area contributed by atoms with E-state index in [0.717, 1.165) is 58.6 Å². The summed E-state index contributed by atoms with van der Waals surface area (Å²) in [5.74, 6) is 1.10. The lowest BCUT2D eigenvalue weighted by Gasteiger charge is -2.32. The largest absolute Gasteiger partial charge is 0.356 e. The first-order valence-electron chi connectivity index (χ1n) is 9.80. The fourth-order valence-corrected chi connectivity index (χ4v) is 5.01. The van der Waals surface area contributed by atoms with Crippen molar-refractivity contribution in [2.45, 2.75) is 26.7 Å². The molecule has 1 fully saturated rings. The van der Waals surface area contributed by atoms with E-state index in [0.29, 0.717) is 0 Å². The van der Waals surface area contributed by atoms with Crippen molar-refractivity contribution in [1.82, 2.24) is 20.2 Å². The van der Waals surface area contributed by atoms with E-state index in [1.54, 1.807) is 23.9 Å². The number of benzene rings is 1. The maximum Gasteiger partial charge on any atom is 0.227 e. The molecule has 1 aliphatic heterocycles. The molecule has 0 aliphatic carbocycles. The highest BCUT2D eigenvalue weighted by Crippen LogP contribution is 2.35. The van der Waals surface area contributed by atoms with Crippen LogP contribution in [0.2, 0.25) is 0 Å². The van der Waals surface area contributed by atoms with E-state index in [1.807, 2.05) is 18.2 Å². The minimum Gasteiger partial charge on any atom is -0.356 e. The van der Waals surface area contributed by atoms with Crippen LogP contribution in [0.15, 0.2) is 30.7 Å². The number of nitrogens with zero attached hydrogens (tertiary/aromatic N) is 4. The van der Waals surface area contributed by atoms with Crippen LogP contribution in [0.4, 0.5) is 11.5 Å². The first kappa shape index (κ1) is 18.1. The van der Waals surface area contributed by atoms with Crippen molar-refractivity contribution < 1.29 is 4.79 Å². The number of H-pyrrole nitrogens is 1. The Morgan fingerprint density at radius 2 is 2.07 bits per heavy atom. The third kappa shape index (κ3) is 3.23. The summed E-state index contributed by atoms with van der Waals surface area (Å²) in [5.41, 5.74) is 3.04. The summed E-state index contributed by atoms with van der Waals surface area (Å²) in [5, 5.41) is 12.2. The summed E-state index contributed by atoms with van der Waals surface area (Å²) < 4.78 is 0. The minimum atomic E-state index is 0.00827. The molecule has 7 nitrogen and oxygen atoms in total. The van der Waals surface area contributed by atoms with Gasteiger partial charge in [-0.25, -0.2) is 9.97 Å². The van der Waals surface area contributed by atoms with E-state index in [4.69, 9.17) is 0 Å². The molecule has 4 aromatic rings. The molecule has 8 heteroatoms. The Labute approximate surface area is 172 Å². The van der Waals surface area contributed by atoms with Crippen molar-refractivity contribution in [2.24, 2.45) is 5.92 Å². The summed E-state index contributed by atoms with van der Waals surface area (Å²) in [6, 6.07) is 5.80. The molecule has 4 heterocycles. The summed E-state index contributed by atoms with van der Waals surface area (Å²) in [7, 11) is 0. The third-order valence-corrected chi connectivity index (χ3v) is 6.93. The van der Waals surface area contributed by atoms with Gasteiger partial charge in [0, 0.05) is 35.0 Å². The van der Waals surface area contributed by atoms with Crippen LogP contribution in [0.1, 0.15) is 23.3 Å². The minimum absolute atomic E-state index is 0.00827. The van der Waals surface area contributed by atoms with Gasteiger partial charge < -0.3 is 10.2 Å². The maximum atomic E-state index is 12.8. The molecule has 5 rings (SSSR count). The number of piperidine rings is 1. The number of carbonyl (C=O) groups excluding carboxylic acids is 1. The Balaban J connectivity index is 1.28. The van der Waals surface area contributed by atoms with Crippen molar-refractivity contribution in [3.8, 4) is 0 Å². The smallest absolute Gasteiger partial charge is 0.227 e. The molecule has 3 aromatic heterocycles. The van der Waals surface area contributed by atoms with E-state index in [1.165, 1.54) is 10.4 Å². The molecule has 2 N–H and O–H groups in total. The lowest BCUT2D eigenvalue weighted by molar-refractivity contribution is -0.120. The zero-order valence-electron chi connectivity index (χ0n) is 16.4. The molecule has 29 heavy (non-hydrogen) atoms. The highest BCUT2D eigenvalue weighted by atomic mass is 32.1. The molecule has 0 unspecified atom stereocenters. The van der Waals surface area contributed by atoms with Gasteiger partial charge in [0.05, 0.1) is 17.1 Å². The molecular weight excluding hydrogens is 384 g/mol. The van der Waals surface area contributed by atoms with Gasteiger partial charge in [0.15, 0.2) is 0 Å². The molecule has 148 valence electrons. The Bertz CT molecular complexity index is 1200. The van der Waals surface area contributed by atoms with Crippen molar-refractivity contribution in [3.63, 3.8) is 0 Å². The Kier molecular flexibility index (Phi) is 4.43. The van der Waals surface area contributed by atoms with Gasteiger partial charge in [-0.05, 0) is 50.5 Å². The van der Waals surface area contributed by atoms with E-state index in [2.05, 4.69) is 44.2 Å². The molecular formula is C21H22N6OS. The number of rotatable bonds is 3. The summed E-state index contributed by atoms with van der Waals surface area (Å²) in [6.07, 6.45) is 5.04. The van der Waals surface area contributed by atoms with E-state index < -0.39 is 0 Å². The molecule has 1 saturated heterocycles. The predicted molar refractivity (Wildman–Crippen MR) is 117 cm³/mol. The zero-order chi connectivity index (χ0) is 20.0. The van der Waals surface area contributed by atoms with Crippen LogP contribution < -0.4 is 10.2 Å². The average molecular weight is 407 g/mol. The summed E-state index contributed by atoms with van der Waals surface area (Å²) in [6.45, 7) is 5.90. The van der Waals surface area contributed by atoms with Crippen LogP contribution in [0.25, 0.3) is 21.1 Å². The highest BCUT2D eigenvalue weighted by molar-refractivity contribution is 7.18. The second kappa shape index (κ2) is 7.11. The van der Waals surface area contributed by atoms with Gasteiger partial charge in [-0.15, -0.1) is 11.3 Å². The number of thiophene rings is 1. The zero-order valence-corrected chi connectivity index (χ0v) is 17.2. The number of hydrogen-bond donors (Lipinski definition) is 2. The molecule has 0 spiro atoms. The molecule has 0 bridgehead atoms. The number of amides is 1. The van der Waals surface area contributed by atoms with Crippen LogP contribution in [0.3, 0.4) is 0 Å². The fraction of sp³-hybridized carbons (Fsp3) is 0.333. The molecule has 0 radical (unpaired) electrons. The second-order valence-electron chi connectivity index (χ2n) is 7.58. The molecule has 0 atom stereocenters. The normalized spacial score (nSPS) is 15.3. The Morgan fingerprint density at radius 1 is 1.24 bits per heavy atom. The molecule has 0 saturated carbocycles. The predicted octanol–water partition coefficient (Wildman–Crippen LogP) is 4.04. The third-order valence-electron chi connectivity index (χ3n) is 5.82. The van der Waals surface area contributed by atoms with Gasteiger partial charge in [-0.2, -0.15) is 5.10 Å². The number of carbonyl (C=O) groups is 1. The van der Waals surface area contributed by atoms with Crippen LogP contribution in [-0.2, 0) is 4.79 Å². The molecule has 1 aromatic carbocycles. The number of anilines is 2. The van der Waals surface area contributed by atoms with Gasteiger partial charge in [0.1, 0.15) is 17.0 Å². The first-order valence-corrected chi connectivity index (χ1v) is 10.6. The van der Waals surface area contributed by atoms with Crippen LogP contribution in [0, 0.1) is 19.8 Å². The van der Waals surface area contributed by atoms with Crippen molar-refractivity contribution in [1.29, 1.82) is 0 Å². The van der Waals surface area contributed by atoms with Gasteiger partial charge in [-0.3, -0.25) is 9.89 Å². The van der Waals surface area contributed by atoms with E-state index in [9.17, 15) is 4.79 Å². The highest BCUT2D eigenvalue weighted by Gasteiger charge is 2.27. The van der Waals surface area contributed by atoms with Crippen LogP contribution >= 0.6 is 11.3 Å². The summed E-state index contributed by atoms with van der Waals surface area (Å²) >= 11 is 1.72. The topological polar surface area (TPSA) is 86.8 Å². The standard InChI is InChI=1S/C21H22N6OS/c1-12-13(2)29-21-18(12)19(22-11-23-21)27-7-5-14(6-8-27)20(28)25-16-3-4-17-15(9-16)10-24-26-17/h3-4,9-11,14H,5-8H2,1-2H3,(H,24,26)(H,25,28). The first-order chi connectivity index (χ1) is 14.1. The fourth-order valence-electron chi connectivity index (χ4n) is 4.02. The SMILES string of the molecule is Cc1sc2ncnc(N3CCC(C(=O)Nc4ccc5[nH]ncc5c4)CC3)c2c1C. The Morgan fingerprint density at radius 3 is 2.90 bits per heavy atom. The van der Waals surface area contributed by atoms with Crippen molar-refractivity contribution >= 4 is 49.9 Å². The lowest BCUT2D eigenvalue weighted by atomic mass is 9.95. The van der Waals surface area contributed by atoms with Crippen molar-refractivity contribution in [3.05, 3.63) is 41.2 Å².